The number of hydrogen-bond acceptors (Lipinski definition) is 3. The van der Waals surface area contributed by atoms with Gasteiger partial charge in [0.2, 0.25) is 0 Å². The Morgan fingerprint density at radius 2 is 1.88 bits per heavy atom. The third-order valence-electron chi connectivity index (χ3n) is 4.18. The van der Waals surface area contributed by atoms with Gasteiger partial charge in [-0.3, -0.25) is 9.59 Å². The number of benzene rings is 1. The molecule has 1 aromatic carbocycles. The summed E-state index contributed by atoms with van der Waals surface area (Å²) in [6.07, 6.45) is 0. The zero-order chi connectivity index (χ0) is 17.4. The van der Waals surface area contributed by atoms with E-state index in [0.29, 0.717) is 28.3 Å². The van der Waals surface area contributed by atoms with E-state index in [-0.39, 0.29) is 17.7 Å². The van der Waals surface area contributed by atoms with Crippen LogP contribution >= 0.6 is 0 Å². The number of nitrogens with one attached hydrogen (secondary N) is 3. The Bertz CT molecular complexity index is 903. The van der Waals surface area contributed by atoms with Gasteiger partial charge in [-0.15, -0.1) is 0 Å². The molecule has 1 amide bonds. The first-order chi connectivity index (χ1) is 11.4. The molecule has 0 spiro atoms. The number of Topliss-reactive ketones (excluding diaryl/α,β-unsaturated/α-hetero) is 1. The topological polar surface area (TPSA) is 90.6 Å². The number of para-hydroxylation sites is 2. The van der Waals surface area contributed by atoms with Crippen molar-refractivity contribution in [2.24, 2.45) is 0 Å². The summed E-state index contributed by atoms with van der Waals surface area (Å²) in [6, 6.07) is 7.43. The summed E-state index contributed by atoms with van der Waals surface area (Å²) in [5.41, 5.74) is 4.17. The summed E-state index contributed by atoms with van der Waals surface area (Å²) < 4.78 is 0. The van der Waals surface area contributed by atoms with Crippen LogP contribution in [0.5, 0.6) is 0 Å². The van der Waals surface area contributed by atoms with Crippen molar-refractivity contribution in [2.75, 3.05) is 0 Å². The zero-order valence-electron chi connectivity index (χ0n) is 14.2. The van der Waals surface area contributed by atoms with Crippen LogP contribution in [-0.4, -0.2) is 26.6 Å². The van der Waals surface area contributed by atoms with Crippen molar-refractivity contribution in [3.8, 4) is 0 Å². The smallest absolute Gasteiger partial charge is 0.268 e. The molecule has 6 heteroatoms. The lowest BCUT2D eigenvalue weighted by Crippen LogP contribution is -2.28. The van der Waals surface area contributed by atoms with Crippen molar-refractivity contribution >= 4 is 22.7 Å². The Kier molecular flexibility index (Phi) is 3.97. The molecule has 2 aromatic heterocycles. The monoisotopic (exact) mass is 324 g/mol. The number of aryl methyl sites for hydroxylation is 1. The van der Waals surface area contributed by atoms with Crippen LogP contribution in [0.3, 0.4) is 0 Å². The van der Waals surface area contributed by atoms with Gasteiger partial charge in [-0.05, 0) is 45.4 Å². The Labute approximate surface area is 139 Å². The van der Waals surface area contributed by atoms with Gasteiger partial charge in [0, 0.05) is 11.3 Å². The molecular weight excluding hydrogens is 304 g/mol. The molecule has 124 valence electrons. The van der Waals surface area contributed by atoms with E-state index in [2.05, 4.69) is 20.3 Å². The number of rotatable bonds is 4. The van der Waals surface area contributed by atoms with Crippen LogP contribution in [0.2, 0.25) is 0 Å². The molecule has 0 fully saturated rings. The minimum atomic E-state index is -0.284. The average Bonchev–Trinajstić information content (AvgIpc) is 3.08. The maximum Gasteiger partial charge on any atom is 0.268 e. The molecule has 0 radical (unpaired) electrons. The fraction of sp³-hybridized carbons (Fsp3) is 0.278. The normalized spacial score (nSPS) is 12.3. The number of imidazole rings is 1. The van der Waals surface area contributed by atoms with Crippen LogP contribution in [0, 0.1) is 13.8 Å². The largest absolute Gasteiger partial charge is 0.354 e. The quantitative estimate of drug-likeness (QED) is 0.644. The Morgan fingerprint density at radius 3 is 2.50 bits per heavy atom. The molecule has 0 aliphatic carbocycles. The number of aromatic nitrogens is 3. The van der Waals surface area contributed by atoms with Gasteiger partial charge in [0.25, 0.3) is 5.91 Å². The summed E-state index contributed by atoms with van der Waals surface area (Å²) in [6.45, 7) is 6.94. The summed E-state index contributed by atoms with van der Waals surface area (Å²) in [7, 11) is 0. The van der Waals surface area contributed by atoms with Crippen molar-refractivity contribution in [2.45, 2.75) is 33.7 Å². The first-order valence-electron chi connectivity index (χ1n) is 7.84. The molecule has 1 atom stereocenters. The van der Waals surface area contributed by atoms with E-state index in [1.54, 1.807) is 13.8 Å². The minimum Gasteiger partial charge on any atom is -0.354 e. The first-order valence-corrected chi connectivity index (χ1v) is 7.84. The van der Waals surface area contributed by atoms with E-state index in [4.69, 9.17) is 0 Å². The highest BCUT2D eigenvalue weighted by Crippen LogP contribution is 2.20. The van der Waals surface area contributed by atoms with Gasteiger partial charge in [-0.2, -0.15) is 0 Å². The van der Waals surface area contributed by atoms with Crippen LogP contribution in [0.25, 0.3) is 11.0 Å². The second-order valence-corrected chi connectivity index (χ2v) is 6.02. The number of hydrogen-bond donors (Lipinski definition) is 3. The number of amides is 1. The van der Waals surface area contributed by atoms with Gasteiger partial charge in [0.05, 0.1) is 17.1 Å². The Balaban J connectivity index is 1.84. The Morgan fingerprint density at radius 1 is 1.17 bits per heavy atom. The summed E-state index contributed by atoms with van der Waals surface area (Å²) in [5.74, 6) is 0.388. The third-order valence-corrected chi connectivity index (χ3v) is 4.18. The predicted molar refractivity (Wildman–Crippen MR) is 92.2 cm³/mol. The van der Waals surface area contributed by atoms with Gasteiger partial charge in [-0.25, -0.2) is 4.98 Å². The third kappa shape index (κ3) is 2.71. The molecule has 3 rings (SSSR count). The maximum absolute atomic E-state index is 12.6. The standard InChI is InChI=1S/C18H20N4O2/c1-9-15(12(4)23)10(2)19-16(9)18(24)20-11(3)17-21-13-7-5-6-8-14(13)22-17/h5-8,11,19H,1-4H3,(H,20,24)(H,21,22). The van der Waals surface area contributed by atoms with Crippen LogP contribution in [0.1, 0.15) is 57.8 Å². The Hall–Kier alpha value is -2.89. The van der Waals surface area contributed by atoms with Crippen molar-refractivity contribution in [3.63, 3.8) is 0 Å². The van der Waals surface area contributed by atoms with E-state index in [1.165, 1.54) is 6.92 Å². The van der Waals surface area contributed by atoms with Crippen molar-refractivity contribution in [1.29, 1.82) is 0 Å². The molecular formula is C18H20N4O2. The second kappa shape index (κ2) is 5.96. The number of H-pyrrole nitrogens is 2. The molecule has 2 heterocycles. The van der Waals surface area contributed by atoms with Crippen molar-refractivity contribution in [1.82, 2.24) is 20.3 Å². The summed E-state index contributed by atoms with van der Waals surface area (Å²) in [4.78, 5) is 35.0. The SMILES string of the molecule is CC(=O)c1c(C)[nH]c(C(=O)NC(C)c2nc3ccccc3[nH]2)c1C. The number of fused-ring (bicyclic) bond motifs is 1. The molecule has 0 saturated heterocycles. The van der Waals surface area contributed by atoms with Gasteiger partial charge in [-0.1, -0.05) is 12.1 Å². The number of nitrogens with zero attached hydrogens (tertiary/aromatic N) is 1. The number of carbonyl (C=O) groups excluding carboxylic acids is 2. The van der Waals surface area contributed by atoms with Crippen LogP contribution in [0.15, 0.2) is 24.3 Å². The molecule has 0 aliphatic rings. The van der Waals surface area contributed by atoms with Gasteiger partial charge in [0.15, 0.2) is 5.78 Å². The van der Waals surface area contributed by atoms with E-state index in [1.807, 2.05) is 31.2 Å². The van der Waals surface area contributed by atoms with Crippen LogP contribution < -0.4 is 5.32 Å². The van der Waals surface area contributed by atoms with E-state index >= 15 is 0 Å². The maximum atomic E-state index is 12.6. The molecule has 24 heavy (non-hydrogen) atoms. The van der Waals surface area contributed by atoms with Gasteiger partial charge >= 0.3 is 0 Å². The van der Waals surface area contributed by atoms with Crippen LogP contribution in [0.4, 0.5) is 0 Å². The molecule has 3 N–H and O–H groups in total. The average molecular weight is 324 g/mol. The van der Waals surface area contributed by atoms with E-state index < -0.39 is 0 Å². The lowest BCUT2D eigenvalue weighted by molar-refractivity contribution is 0.0933. The highest BCUT2D eigenvalue weighted by Gasteiger charge is 2.22. The van der Waals surface area contributed by atoms with Crippen molar-refractivity contribution < 1.29 is 9.59 Å². The molecule has 0 bridgehead atoms. The number of ketones is 1. The predicted octanol–water partition coefficient (Wildman–Crippen LogP) is 3.20. The second-order valence-electron chi connectivity index (χ2n) is 6.02. The minimum absolute atomic E-state index is 0.0503. The summed E-state index contributed by atoms with van der Waals surface area (Å²) >= 11 is 0. The zero-order valence-corrected chi connectivity index (χ0v) is 14.2. The molecule has 3 aromatic rings. The molecule has 6 nitrogen and oxygen atoms in total. The lowest BCUT2D eigenvalue weighted by Gasteiger charge is -2.11. The fourth-order valence-electron chi connectivity index (χ4n) is 3.02. The van der Waals surface area contributed by atoms with E-state index in [9.17, 15) is 9.59 Å². The molecule has 0 aliphatic heterocycles. The highest BCUT2D eigenvalue weighted by molar-refractivity contribution is 6.02. The lowest BCUT2D eigenvalue weighted by atomic mass is 10.1. The van der Waals surface area contributed by atoms with E-state index in [0.717, 1.165) is 11.0 Å². The first kappa shape index (κ1) is 16.0. The highest BCUT2D eigenvalue weighted by atomic mass is 16.2. The molecule has 0 saturated carbocycles. The summed E-state index contributed by atoms with van der Waals surface area (Å²) in [5, 5.41) is 2.92. The van der Waals surface area contributed by atoms with Gasteiger partial charge < -0.3 is 15.3 Å². The van der Waals surface area contributed by atoms with Crippen molar-refractivity contribution in [3.05, 3.63) is 52.6 Å². The van der Waals surface area contributed by atoms with Gasteiger partial charge in [0.1, 0.15) is 11.5 Å². The molecule has 1 unspecified atom stereocenters. The van der Waals surface area contributed by atoms with Crippen LogP contribution in [-0.2, 0) is 0 Å². The number of aromatic amines is 2. The number of carbonyl (C=O) groups is 2. The fourth-order valence-corrected chi connectivity index (χ4v) is 3.02.